The van der Waals surface area contributed by atoms with Gasteiger partial charge in [0.25, 0.3) is 0 Å². The highest BCUT2D eigenvalue weighted by Crippen LogP contribution is 2.46. The zero-order valence-corrected chi connectivity index (χ0v) is 28.7. The lowest BCUT2D eigenvalue weighted by molar-refractivity contribution is 1.36. The Morgan fingerprint density at radius 3 is 0.886 bits per heavy atom. The third-order valence-corrected chi connectivity index (χ3v) is 14.2. The van der Waals surface area contributed by atoms with Gasteiger partial charge in [0, 0.05) is 10.0 Å². The third kappa shape index (κ3) is 5.90. The number of aryl methyl sites for hydroxylation is 2. The van der Waals surface area contributed by atoms with Gasteiger partial charge < -0.3 is 0 Å². The van der Waals surface area contributed by atoms with Crippen LogP contribution in [0.4, 0.5) is 0 Å². The van der Waals surface area contributed by atoms with E-state index in [4.69, 9.17) is 23.2 Å². The molecule has 6 aromatic rings. The summed E-state index contributed by atoms with van der Waals surface area (Å²) in [5.74, 6) is 0. The first-order valence-electron chi connectivity index (χ1n) is 14.8. The van der Waals surface area contributed by atoms with Crippen LogP contribution in [0, 0.1) is 27.7 Å². The Morgan fingerprint density at radius 2 is 0.636 bits per heavy atom. The van der Waals surface area contributed by atoms with Crippen LogP contribution in [0.5, 0.6) is 0 Å². The second kappa shape index (κ2) is 13.4. The number of hydrogen-bond acceptors (Lipinski definition) is 0. The summed E-state index contributed by atoms with van der Waals surface area (Å²) < 4.78 is 0. The molecule has 0 spiro atoms. The molecule has 0 amide bonds. The van der Waals surface area contributed by atoms with Gasteiger partial charge in [-0.3, -0.25) is 0 Å². The predicted octanol–water partition coefficient (Wildman–Crippen LogP) is 9.41. The number of halogens is 2. The summed E-state index contributed by atoms with van der Waals surface area (Å²) in [5.41, 5.74) is 6.78. The minimum Gasteiger partial charge on any atom is -0.0837 e. The molecular formula is C40H34Cl2P2. The minimum atomic E-state index is -0.900. The molecule has 0 aliphatic rings. The fraction of sp³-hybridized carbons (Fsp3) is 0.100. The quantitative estimate of drug-likeness (QED) is 0.152. The van der Waals surface area contributed by atoms with E-state index in [0.29, 0.717) is 0 Å². The van der Waals surface area contributed by atoms with Crippen LogP contribution in [-0.4, -0.2) is 0 Å². The van der Waals surface area contributed by atoms with Crippen LogP contribution in [0.1, 0.15) is 22.3 Å². The summed E-state index contributed by atoms with van der Waals surface area (Å²) >= 11 is 14.3. The van der Waals surface area contributed by atoms with Crippen molar-refractivity contribution in [3.05, 3.63) is 166 Å². The number of rotatable bonds is 7. The first-order valence-corrected chi connectivity index (χ1v) is 18.2. The van der Waals surface area contributed by atoms with Crippen molar-refractivity contribution in [2.24, 2.45) is 0 Å². The zero-order valence-electron chi connectivity index (χ0n) is 25.4. The smallest absolute Gasteiger partial charge is 0.0471 e. The van der Waals surface area contributed by atoms with Crippen molar-refractivity contribution in [3.8, 4) is 11.1 Å². The highest BCUT2D eigenvalue weighted by molar-refractivity contribution is 7.80. The molecule has 0 aromatic heterocycles. The zero-order chi connectivity index (χ0) is 30.8. The molecule has 6 rings (SSSR count). The van der Waals surface area contributed by atoms with Crippen molar-refractivity contribution in [2.75, 3.05) is 0 Å². The summed E-state index contributed by atoms with van der Waals surface area (Å²) in [6.45, 7) is 8.62. The van der Waals surface area contributed by atoms with Crippen molar-refractivity contribution in [2.45, 2.75) is 27.7 Å². The van der Waals surface area contributed by atoms with Gasteiger partial charge in [-0.15, -0.1) is 0 Å². The summed E-state index contributed by atoms with van der Waals surface area (Å²) in [6.07, 6.45) is 0. The lowest BCUT2D eigenvalue weighted by Gasteiger charge is -2.30. The Kier molecular flexibility index (Phi) is 9.37. The normalized spacial score (nSPS) is 11.4. The Balaban J connectivity index is 1.75. The first-order chi connectivity index (χ1) is 21.4. The molecule has 0 saturated carbocycles. The molecule has 0 atom stereocenters. The first kappa shape index (κ1) is 30.8. The molecule has 44 heavy (non-hydrogen) atoms. The van der Waals surface area contributed by atoms with Gasteiger partial charge in [0.1, 0.15) is 0 Å². The van der Waals surface area contributed by atoms with Crippen molar-refractivity contribution in [3.63, 3.8) is 0 Å². The highest BCUT2D eigenvalue weighted by Gasteiger charge is 2.30. The van der Waals surface area contributed by atoms with E-state index in [1.165, 1.54) is 43.0 Å². The molecule has 0 saturated heterocycles. The maximum Gasteiger partial charge on any atom is 0.0471 e. The third-order valence-electron chi connectivity index (χ3n) is 8.11. The van der Waals surface area contributed by atoms with Crippen LogP contribution in [-0.2, 0) is 0 Å². The maximum atomic E-state index is 7.17. The van der Waals surface area contributed by atoms with Gasteiger partial charge in [-0.25, -0.2) is 0 Å². The van der Waals surface area contributed by atoms with E-state index in [9.17, 15) is 0 Å². The van der Waals surface area contributed by atoms with Crippen LogP contribution in [0.15, 0.2) is 133 Å². The molecule has 0 aliphatic carbocycles. The van der Waals surface area contributed by atoms with Gasteiger partial charge in [0.05, 0.1) is 0 Å². The molecule has 6 aromatic carbocycles. The predicted molar refractivity (Wildman–Crippen MR) is 198 cm³/mol. The SMILES string of the molecule is Cc1cc(P(c2ccccc2)c2ccccc2)c(-c2c(P(c3ccccc3)c3ccccc3)cc(C)c(Cl)c2C)c(C)c1Cl. The average Bonchev–Trinajstić information content (AvgIpc) is 3.06. The monoisotopic (exact) mass is 646 g/mol. The van der Waals surface area contributed by atoms with E-state index in [2.05, 4.69) is 161 Å². The van der Waals surface area contributed by atoms with E-state index in [1.807, 2.05) is 0 Å². The molecule has 0 unspecified atom stereocenters. The lowest BCUT2D eigenvalue weighted by Crippen LogP contribution is -2.27. The fourth-order valence-electron chi connectivity index (χ4n) is 6.02. The Bertz CT molecular complexity index is 1680. The minimum absolute atomic E-state index is 0.811. The molecule has 0 nitrogen and oxygen atoms in total. The summed E-state index contributed by atoms with van der Waals surface area (Å²) in [7, 11) is -1.80. The Labute approximate surface area is 274 Å². The molecule has 0 bridgehead atoms. The van der Waals surface area contributed by atoms with Gasteiger partial charge in [-0.1, -0.05) is 145 Å². The van der Waals surface area contributed by atoms with Gasteiger partial charge in [-0.2, -0.15) is 0 Å². The average molecular weight is 648 g/mol. The summed E-state index contributed by atoms with van der Waals surface area (Å²) in [5, 5.41) is 9.46. The number of benzene rings is 6. The molecule has 218 valence electrons. The van der Waals surface area contributed by atoms with Crippen LogP contribution in [0.25, 0.3) is 11.1 Å². The van der Waals surface area contributed by atoms with Crippen LogP contribution < -0.4 is 31.8 Å². The Morgan fingerprint density at radius 1 is 0.386 bits per heavy atom. The van der Waals surface area contributed by atoms with Crippen LogP contribution in [0.3, 0.4) is 0 Å². The molecule has 0 N–H and O–H groups in total. The molecular weight excluding hydrogens is 613 g/mol. The molecule has 0 heterocycles. The second-order valence-corrected chi connectivity index (χ2v) is 16.2. The van der Waals surface area contributed by atoms with E-state index < -0.39 is 15.8 Å². The van der Waals surface area contributed by atoms with Gasteiger partial charge in [0.2, 0.25) is 0 Å². The van der Waals surface area contributed by atoms with Crippen molar-refractivity contribution in [1.82, 2.24) is 0 Å². The molecule has 0 fully saturated rings. The van der Waals surface area contributed by atoms with Crippen molar-refractivity contribution >= 4 is 70.9 Å². The fourth-order valence-corrected chi connectivity index (χ4v) is 11.6. The van der Waals surface area contributed by atoms with E-state index in [-0.39, 0.29) is 0 Å². The molecule has 0 aliphatic heterocycles. The van der Waals surface area contributed by atoms with Crippen molar-refractivity contribution in [1.29, 1.82) is 0 Å². The lowest BCUT2D eigenvalue weighted by atomic mass is 9.93. The Hall–Kier alpha value is -3.24. The van der Waals surface area contributed by atoms with Gasteiger partial charge in [0.15, 0.2) is 0 Å². The van der Waals surface area contributed by atoms with Gasteiger partial charge in [-0.05, 0) is 121 Å². The topological polar surface area (TPSA) is 0 Å². The van der Waals surface area contributed by atoms with E-state index in [1.54, 1.807) is 0 Å². The van der Waals surface area contributed by atoms with Crippen molar-refractivity contribution < 1.29 is 0 Å². The van der Waals surface area contributed by atoms with E-state index >= 15 is 0 Å². The van der Waals surface area contributed by atoms with E-state index in [0.717, 1.165) is 32.3 Å². The maximum absolute atomic E-state index is 7.17. The van der Waals surface area contributed by atoms with Crippen LogP contribution >= 0.6 is 39.0 Å². The second-order valence-electron chi connectivity index (χ2n) is 11.1. The van der Waals surface area contributed by atoms with Gasteiger partial charge >= 0.3 is 0 Å². The summed E-state index contributed by atoms with van der Waals surface area (Å²) in [4.78, 5) is 0. The highest BCUT2D eigenvalue weighted by atomic mass is 35.5. The number of hydrogen-bond donors (Lipinski definition) is 0. The molecule has 0 radical (unpaired) electrons. The molecule has 4 heteroatoms. The van der Waals surface area contributed by atoms with Crippen LogP contribution in [0.2, 0.25) is 10.0 Å². The largest absolute Gasteiger partial charge is 0.0837 e. The summed E-state index contributed by atoms with van der Waals surface area (Å²) in [6, 6.07) is 48.3. The standard InChI is InChI=1S/C40H34Cl2P2/c1-27-25-35(43(31-17-9-5-10-18-31)32-19-11-6-12-20-32)37(29(3)39(27)41)38-30(4)40(42)28(2)26-36(38)44(33-21-13-7-14-22-33)34-23-15-8-16-24-34/h5-26H,1-4H3.